The molecule has 0 saturated heterocycles. The van der Waals surface area contributed by atoms with Gasteiger partial charge in [-0.05, 0) is 59.6 Å². The molecule has 6 nitrogen and oxygen atoms in total. The summed E-state index contributed by atoms with van der Waals surface area (Å²) in [4.78, 5) is 22.8. The van der Waals surface area contributed by atoms with E-state index in [1.54, 1.807) is 10.8 Å². The van der Waals surface area contributed by atoms with E-state index in [9.17, 15) is 4.79 Å². The Bertz CT molecular complexity index is 1840. The van der Waals surface area contributed by atoms with E-state index < -0.39 is 0 Å². The fraction of sp³-hybridized carbons (Fsp3) is 0.0323. The van der Waals surface area contributed by atoms with Crippen LogP contribution in [-0.4, -0.2) is 19.6 Å². The average molecular weight is 514 g/mol. The lowest BCUT2D eigenvalue weighted by molar-refractivity contribution is 0.928. The van der Waals surface area contributed by atoms with Crippen LogP contribution in [0.3, 0.4) is 0 Å². The zero-order chi connectivity index (χ0) is 25.9. The van der Waals surface area contributed by atoms with E-state index in [2.05, 4.69) is 38.8 Å². The van der Waals surface area contributed by atoms with Gasteiger partial charge in [0.25, 0.3) is 5.56 Å². The molecule has 0 radical (unpaired) electrons. The van der Waals surface area contributed by atoms with Crippen LogP contribution in [0.5, 0.6) is 0 Å². The molecule has 2 N–H and O–H groups in total. The number of anilines is 2. The van der Waals surface area contributed by atoms with Crippen molar-refractivity contribution in [2.24, 2.45) is 0 Å². The van der Waals surface area contributed by atoms with Gasteiger partial charge in [-0.2, -0.15) is 0 Å². The molecule has 184 valence electrons. The van der Waals surface area contributed by atoms with Gasteiger partial charge in [0.1, 0.15) is 11.2 Å². The van der Waals surface area contributed by atoms with E-state index in [1.807, 2.05) is 91.0 Å². The number of fused-ring (bicyclic) bond motifs is 2. The monoisotopic (exact) mass is 513 g/mol. The van der Waals surface area contributed by atoms with Crippen molar-refractivity contribution in [1.82, 2.24) is 14.5 Å². The minimum Gasteiger partial charge on any atom is -0.332 e. The predicted molar refractivity (Wildman–Crippen MR) is 158 cm³/mol. The van der Waals surface area contributed by atoms with Gasteiger partial charge >= 0.3 is 0 Å². The Morgan fingerprint density at radius 2 is 1.61 bits per heavy atom. The van der Waals surface area contributed by atoms with E-state index >= 15 is 0 Å². The second-order valence-electron chi connectivity index (χ2n) is 8.86. The number of hydrogen-bond acceptors (Lipinski definition) is 4. The molecular formula is C31H23N5OS. The Hall–Kier alpha value is -4.88. The van der Waals surface area contributed by atoms with Crippen molar-refractivity contribution < 1.29 is 0 Å². The first-order valence-electron chi connectivity index (χ1n) is 12.2. The van der Waals surface area contributed by atoms with E-state index in [0.29, 0.717) is 34.1 Å². The Labute approximate surface area is 224 Å². The third-order valence-corrected chi connectivity index (χ3v) is 6.50. The maximum Gasteiger partial charge on any atom is 0.278 e. The van der Waals surface area contributed by atoms with Crippen LogP contribution in [0.2, 0.25) is 0 Å². The molecule has 2 heterocycles. The summed E-state index contributed by atoms with van der Waals surface area (Å²) in [6.45, 7) is 0. The number of nitrogens with one attached hydrogen (secondary N) is 2. The minimum atomic E-state index is -0.200. The third-order valence-electron chi connectivity index (χ3n) is 6.30. The first-order valence-corrected chi connectivity index (χ1v) is 12.6. The molecule has 0 unspecified atom stereocenters. The van der Waals surface area contributed by atoms with Crippen LogP contribution in [0.4, 0.5) is 11.4 Å². The molecule has 4 aromatic carbocycles. The number of thiocarbonyl (C=S) groups is 1. The molecule has 0 aliphatic rings. The minimum absolute atomic E-state index is 0.200. The molecule has 38 heavy (non-hydrogen) atoms. The molecule has 0 atom stereocenters. The van der Waals surface area contributed by atoms with Crippen molar-refractivity contribution in [2.45, 2.75) is 6.42 Å². The molecule has 0 amide bonds. The Morgan fingerprint density at radius 1 is 0.816 bits per heavy atom. The van der Waals surface area contributed by atoms with Gasteiger partial charge in [-0.1, -0.05) is 72.8 Å². The highest BCUT2D eigenvalue weighted by Gasteiger charge is 2.15. The highest BCUT2D eigenvalue weighted by Crippen LogP contribution is 2.24. The molecule has 6 rings (SSSR count). The number of pyridine rings is 1. The molecule has 0 fully saturated rings. The molecule has 0 spiro atoms. The molecule has 0 aliphatic heterocycles. The summed E-state index contributed by atoms with van der Waals surface area (Å²) in [5.74, 6) is 0. The van der Waals surface area contributed by atoms with Crippen molar-refractivity contribution in [1.29, 1.82) is 0 Å². The lowest BCUT2D eigenvalue weighted by Crippen LogP contribution is -2.25. The van der Waals surface area contributed by atoms with Gasteiger partial charge in [0.05, 0.1) is 5.69 Å². The second-order valence-corrected chi connectivity index (χ2v) is 9.27. The van der Waals surface area contributed by atoms with Crippen molar-refractivity contribution in [3.05, 3.63) is 137 Å². The van der Waals surface area contributed by atoms with Crippen molar-refractivity contribution in [3.8, 4) is 5.69 Å². The van der Waals surface area contributed by atoms with Crippen LogP contribution >= 0.6 is 12.2 Å². The fourth-order valence-electron chi connectivity index (χ4n) is 4.55. The van der Waals surface area contributed by atoms with Crippen molar-refractivity contribution >= 4 is 50.6 Å². The van der Waals surface area contributed by atoms with Gasteiger partial charge in [0.2, 0.25) is 0 Å². The fourth-order valence-corrected chi connectivity index (χ4v) is 4.78. The first kappa shape index (κ1) is 23.5. The quantitative estimate of drug-likeness (QED) is 0.262. The number of rotatable bonds is 5. The van der Waals surface area contributed by atoms with E-state index in [1.165, 1.54) is 0 Å². The van der Waals surface area contributed by atoms with Crippen LogP contribution < -0.4 is 16.2 Å². The summed E-state index contributed by atoms with van der Waals surface area (Å²) < 4.78 is 1.62. The molecule has 0 bridgehead atoms. The van der Waals surface area contributed by atoms with E-state index in [0.717, 1.165) is 27.7 Å². The number of hydrogen-bond donors (Lipinski definition) is 2. The lowest BCUT2D eigenvalue weighted by atomic mass is 10.1. The lowest BCUT2D eigenvalue weighted by Gasteiger charge is -2.15. The molecule has 7 heteroatoms. The molecule has 0 aliphatic carbocycles. The molecule has 0 saturated carbocycles. The number of aromatic nitrogens is 3. The SMILES string of the molecule is O=c1c(Cc2ccccc2)nc2cccnc2n1-c1cccc(NC(=S)Nc2cccc3ccccc23)c1. The summed E-state index contributed by atoms with van der Waals surface area (Å²) in [6.07, 6.45) is 2.10. The zero-order valence-electron chi connectivity index (χ0n) is 20.3. The Morgan fingerprint density at radius 3 is 2.50 bits per heavy atom. The maximum atomic E-state index is 13.7. The van der Waals surface area contributed by atoms with Crippen molar-refractivity contribution in [3.63, 3.8) is 0 Å². The Balaban J connectivity index is 1.34. The average Bonchev–Trinajstić information content (AvgIpc) is 2.94. The van der Waals surface area contributed by atoms with Gasteiger partial charge < -0.3 is 10.6 Å². The van der Waals surface area contributed by atoms with E-state index in [4.69, 9.17) is 12.2 Å². The standard InChI is InChI=1S/C31H23N5OS/c37-30-28(19-21-9-2-1-3-10-21)34-27-17-8-18-32-29(27)36(30)24-14-7-13-23(20-24)33-31(38)35-26-16-6-12-22-11-4-5-15-25(22)26/h1-18,20H,19H2,(H2,33,35,38). The summed E-state index contributed by atoms with van der Waals surface area (Å²) in [5.41, 5.74) is 4.78. The third kappa shape index (κ3) is 4.75. The normalized spacial score (nSPS) is 10.9. The van der Waals surface area contributed by atoms with Gasteiger partial charge in [0.15, 0.2) is 10.8 Å². The second kappa shape index (κ2) is 10.2. The Kier molecular flexibility index (Phi) is 6.34. The van der Waals surface area contributed by atoms with Gasteiger partial charge in [-0.25, -0.2) is 9.97 Å². The number of nitrogens with zero attached hydrogens (tertiary/aromatic N) is 3. The predicted octanol–water partition coefficient (Wildman–Crippen LogP) is 6.33. The van der Waals surface area contributed by atoms with Crippen LogP contribution in [0.25, 0.3) is 27.6 Å². The van der Waals surface area contributed by atoms with Gasteiger partial charge in [-0.15, -0.1) is 0 Å². The summed E-state index contributed by atoms with van der Waals surface area (Å²) in [5, 5.41) is 9.22. The van der Waals surface area contributed by atoms with Crippen LogP contribution in [0.1, 0.15) is 11.3 Å². The maximum absolute atomic E-state index is 13.7. The summed E-state index contributed by atoms with van der Waals surface area (Å²) in [6, 6.07) is 35.3. The van der Waals surface area contributed by atoms with Crippen molar-refractivity contribution in [2.75, 3.05) is 10.6 Å². The highest BCUT2D eigenvalue weighted by molar-refractivity contribution is 7.80. The molecule has 6 aromatic rings. The largest absolute Gasteiger partial charge is 0.332 e. The zero-order valence-corrected chi connectivity index (χ0v) is 21.2. The van der Waals surface area contributed by atoms with Gasteiger partial charge in [-0.3, -0.25) is 9.36 Å². The summed E-state index contributed by atoms with van der Waals surface area (Å²) >= 11 is 5.62. The van der Waals surface area contributed by atoms with Crippen LogP contribution in [-0.2, 0) is 6.42 Å². The van der Waals surface area contributed by atoms with Gasteiger partial charge in [0, 0.05) is 29.4 Å². The summed E-state index contributed by atoms with van der Waals surface area (Å²) in [7, 11) is 0. The smallest absolute Gasteiger partial charge is 0.278 e. The molecular weight excluding hydrogens is 490 g/mol. The topological polar surface area (TPSA) is 71.8 Å². The van der Waals surface area contributed by atoms with E-state index in [-0.39, 0.29) is 5.56 Å². The van der Waals surface area contributed by atoms with Crippen LogP contribution in [0, 0.1) is 0 Å². The highest BCUT2D eigenvalue weighted by atomic mass is 32.1. The molecule has 2 aromatic heterocycles. The number of benzene rings is 4. The van der Waals surface area contributed by atoms with Crippen LogP contribution in [0.15, 0.2) is 120 Å². The first-order chi connectivity index (χ1) is 18.7.